The summed E-state index contributed by atoms with van der Waals surface area (Å²) in [4.78, 5) is 0. The van der Waals surface area contributed by atoms with E-state index in [1.54, 1.807) is 14.2 Å². The van der Waals surface area contributed by atoms with Crippen LogP contribution in [0.1, 0.15) is 6.92 Å². The summed E-state index contributed by atoms with van der Waals surface area (Å²) in [6.07, 6.45) is -2.24. The average Bonchev–Trinajstić information content (AvgIpc) is 2.16. The molecule has 0 saturated carbocycles. The van der Waals surface area contributed by atoms with Crippen LogP contribution in [0.15, 0.2) is 0 Å². The van der Waals surface area contributed by atoms with Crippen LogP contribution < -0.4 is 0 Å². The van der Waals surface area contributed by atoms with E-state index in [1.165, 1.54) is 7.11 Å². The minimum absolute atomic E-state index is 0.216. The van der Waals surface area contributed by atoms with E-state index in [4.69, 9.17) is 18.9 Å². The van der Waals surface area contributed by atoms with Crippen molar-refractivity contribution in [3.63, 3.8) is 0 Å². The number of rotatable bonds is 3. The van der Waals surface area contributed by atoms with Gasteiger partial charge < -0.3 is 24.1 Å². The number of methoxy groups -OCH3 is 3. The molecule has 5 unspecified atom stereocenters. The molecule has 1 heterocycles. The molecule has 1 aliphatic rings. The van der Waals surface area contributed by atoms with Gasteiger partial charge in [0.1, 0.15) is 18.3 Å². The van der Waals surface area contributed by atoms with Gasteiger partial charge in [-0.3, -0.25) is 0 Å². The summed E-state index contributed by atoms with van der Waals surface area (Å²) in [5.41, 5.74) is 0. The molecule has 1 rings (SSSR count). The molecule has 5 atom stereocenters. The minimum atomic E-state index is -0.966. The normalized spacial score (nSPS) is 43.9. The van der Waals surface area contributed by atoms with Gasteiger partial charge in [0.15, 0.2) is 6.29 Å². The van der Waals surface area contributed by atoms with Gasteiger partial charge in [0.05, 0.1) is 6.10 Å². The fraction of sp³-hybridized carbons (Fsp3) is 1.00. The van der Waals surface area contributed by atoms with E-state index in [9.17, 15) is 5.11 Å². The van der Waals surface area contributed by atoms with Crippen molar-refractivity contribution < 1.29 is 24.1 Å². The van der Waals surface area contributed by atoms with Crippen molar-refractivity contribution in [1.29, 1.82) is 0 Å². The molecule has 0 amide bonds. The Morgan fingerprint density at radius 3 is 1.86 bits per heavy atom. The summed E-state index contributed by atoms with van der Waals surface area (Å²) in [6, 6.07) is 0. The molecular formula is C9H18O5. The maximum Gasteiger partial charge on any atom is 0.184 e. The van der Waals surface area contributed by atoms with Gasteiger partial charge in [-0.1, -0.05) is 0 Å². The second-order valence-electron chi connectivity index (χ2n) is 3.33. The van der Waals surface area contributed by atoms with Crippen molar-refractivity contribution >= 4 is 0 Å². The Kier molecular flexibility index (Phi) is 4.28. The molecule has 1 saturated heterocycles. The summed E-state index contributed by atoms with van der Waals surface area (Å²) in [5.74, 6) is 0. The van der Waals surface area contributed by atoms with E-state index >= 15 is 0 Å². The number of ether oxygens (including phenoxy) is 4. The number of hydrogen-bond acceptors (Lipinski definition) is 5. The highest BCUT2D eigenvalue weighted by molar-refractivity contribution is 4.89. The first kappa shape index (κ1) is 11.9. The molecule has 5 nitrogen and oxygen atoms in total. The smallest absolute Gasteiger partial charge is 0.184 e. The lowest BCUT2D eigenvalue weighted by molar-refractivity contribution is -0.291. The molecule has 1 N–H and O–H groups in total. The number of aliphatic hydroxyl groups is 1. The summed E-state index contributed by atoms with van der Waals surface area (Å²) in [6.45, 7) is 1.83. The van der Waals surface area contributed by atoms with Crippen molar-refractivity contribution in [2.45, 2.75) is 37.6 Å². The quantitative estimate of drug-likeness (QED) is 0.691. The first-order chi connectivity index (χ1) is 6.65. The first-order valence-electron chi connectivity index (χ1n) is 4.57. The van der Waals surface area contributed by atoms with E-state index in [2.05, 4.69) is 0 Å². The Morgan fingerprint density at radius 1 is 0.929 bits per heavy atom. The zero-order valence-corrected chi connectivity index (χ0v) is 8.97. The van der Waals surface area contributed by atoms with Crippen LogP contribution in [0, 0.1) is 0 Å². The Morgan fingerprint density at radius 2 is 1.43 bits per heavy atom. The Balaban J connectivity index is 2.76. The lowest BCUT2D eigenvalue weighted by Gasteiger charge is -2.41. The molecule has 0 aliphatic carbocycles. The monoisotopic (exact) mass is 206 g/mol. The molecule has 5 heteroatoms. The summed E-state index contributed by atoms with van der Waals surface area (Å²) >= 11 is 0. The van der Waals surface area contributed by atoms with Crippen LogP contribution in [0.25, 0.3) is 0 Å². The number of aliphatic hydroxyl groups excluding tert-OH is 1. The van der Waals surface area contributed by atoms with Crippen LogP contribution in [-0.4, -0.2) is 57.1 Å². The number of hydrogen-bond donors (Lipinski definition) is 1. The zero-order valence-electron chi connectivity index (χ0n) is 8.97. The maximum atomic E-state index is 9.57. The van der Waals surface area contributed by atoms with Gasteiger partial charge >= 0.3 is 0 Å². The molecule has 0 spiro atoms. The molecule has 0 aromatic rings. The van der Waals surface area contributed by atoms with Crippen molar-refractivity contribution in [1.82, 2.24) is 0 Å². The van der Waals surface area contributed by atoms with Gasteiger partial charge in [-0.15, -0.1) is 0 Å². The molecule has 14 heavy (non-hydrogen) atoms. The zero-order chi connectivity index (χ0) is 10.7. The molecule has 1 aliphatic heterocycles. The van der Waals surface area contributed by atoms with Crippen molar-refractivity contribution in [2.75, 3.05) is 21.3 Å². The third-order valence-corrected chi connectivity index (χ3v) is 2.56. The van der Waals surface area contributed by atoms with Crippen LogP contribution in [-0.2, 0) is 18.9 Å². The van der Waals surface area contributed by atoms with Gasteiger partial charge in [0.25, 0.3) is 0 Å². The SMILES string of the molecule is COC1C(C)OC(O)C(OC)C1OC. The topological polar surface area (TPSA) is 57.2 Å². The van der Waals surface area contributed by atoms with Crippen LogP contribution in [0.2, 0.25) is 0 Å². The van der Waals surface area contributed by atoms with Gasteiger partial charge in [0, 0.05) is 21.3 Å². The molecule has 1 fully saturated rings. The fourth-order valence-electron chi connectivity index (χ4n) is 1.84. The van der Waals surface area contributed by atoms with Gasteiger partial charge in [-0.2, -0.15) is 0 Å². The Labute approximate surface area is 83.9 Å². The summed E-state index contributed by atoms with van der Waals surface area (Å²) in [5, 5.41) is 9.57. The largest absolute Gasteiger partial charge is 0.376 e. The van der Waals surface area contributed by atoms with Gasteiger partial charge in [-0.25, -0.2) is 0 Å². The highest BCUT2D eigenvalue weighted by Gasteiger charge is 2.44. The van der Waals surface area contributed by atoms with E-state index in [-0.39, 0.29) is 18.3 Å². The highest BCUT2D eigenvalue weighted by atomic mass is 16.7. The van der Waals surface area contributed by atoms with Crippen molar-refractivity contribution in [3.05, 3.63) is 0 Å². The standard InChI is InChI=1S/C9H18O5/c1-5-6(11-2)7(12-3)8(13-4)9(10)14-5/h5-10H,1-4H3. The van der Waals surface area contributed by atoms with Crippen LogP contribution >= 0.6 is 0 Å². The average molecular weight is 206 g/mol. The summed E-state index contributed by atoms with van der Waals surface area (Å²) < 4.78 is 20.9. The van der Waals surface area contributed by atoms with E-state index in [0.717, 1.165) is 0 Å². The summed E-state index contributed by atoms with van der Waals surface area (Å²) in [7, 11) is 4.65. The Hall–Kier alpha value is -0.200. The highest BCUT2D eigenvalue weighted by Crippen LogP contribution is 2.25. The van der Waals surface area contributed by atoms with Crippen molar-refractivity contribution in [3.8, 4) is 0 Å². The van der Waals surface area contributed by atoms with Crippen LogP contribution in [0.3, 0.4) is 0 Å². The van der Waals surface area contributed by atoms with Crippen molar-refractivity contribution in [2.24, 2.45) is 0 Å². The lowest BCUT2D eigenvalue weighted by Crippen LogP contribution is -2.58. The van der Waals surface area contributed by atoms with Crippen LogP contribution in [0.5, 0.6) is 0 Å². The minimum Gasteiger partial charge on any atom is -0.376 e. The third kappa shape index (κ3) is 2.07. The Bertz CT molecular complexity index is 159. The third-order valence-electron chi connectivity index (χ3n) is 2.56. The van der Waals surface area contributed by atoms with Gasteiger partial charge in [-0.05, 0) is 6.92 Å². The molecule has 0 aromatic carbocycles. The molecular weight excluding hydrogens is 188 g/mol. The van der Waals surface area contributed by atoms with Gasteiger partial charge in [0.2, 0.25) is 0 Å². The second-order valence-corrected chi connectivity index (χ2v) is 3.33. The molecule has 0 aromatic heterocycles. The van der Waals surface area contributed by atoms with E-state index in [1.807, 2.05) is 6.92 Å². The second kappa shape index (κ2) is 5.04. The van der Waals surface area contributed by atoms with Crippen LogP contribution in [0.4, 0.5) is 0 Å². The molecule has 0 bridgehead atoms. The lowest BCUT2D eigenvalue weighted by atomic mass is 9.99. The predicted octanol–water partition coefficient (Wildman–Crippen LogP) is -0.232. The van der Waals surface area contributed by atoms with E-state index in [0.29, 0.717) is 0 Å². The molecule has 0 radical (unpaired) electrons. The predicted molar refractivity (Wildman–Crippen MR) is 48.9 cm³/mol. The first-order valence-corrected chi connectivity index (χ1v) is 4.57. The van der Waals surface area contributed by atoms with E-state index < -0.39 is 12.4 Å². The molecule has 84 valence electrons. The maximum absolute atomic E-state index is 9.57. The fourth-order valence-corrected chi connectivity index (χ4v) is 1.84.